The highest BCUT2D eigenvalue weighted by Crippen LogP contribution is 2.41. The summed E-state index contributed by atoms with van der Waals surface area (Å²) in [5.41, 5.74) is 1.70. The molecule has 1 saturated carbocycles. The molecule has 1 N–H and O–H groups in total. The van der Waals surface area contributed by atoms with Crippen LogP contribution in [0.3, 0.4) is 0 Å². The van der Waals surface area contributed by atoms with Gasteiger partial charge in [-0.15, -0.1) is 0 Å². The van der Waals surface area contributed by atoms with Crippen molar-refractivity contribution in [1.29, 1.82) is 0 Å². The summed E-state index contributed by atoms with van der Waals surface area (Å²) in [6.45, 7) is 4.68. The second kappa shape index (κ2) is 9.65. The van der Waals surface area contributed by atoms with Crippen LogP contribution in [0.25, 0.3) is 0 Å². The number of hydrogen-bond acceptors (Lipinski definition) is 4. The zero-order chi connectivity index (χ0) is 23.6. The third-order valence-electron chi connectivity index (χ3n) is 6.54. The molecule has 33 heavy (non-hydrogen) atoms. The fourth-order valence-electron chi connectivity index (χ4n) is 4.48. The molecule has 2 aromatic rings. The van der Waals surface area contributed by atoms with Crippen LogP contribution >= 0.6 is 0 Å². The Bertz CT molecular complexity index is 1090. The van der Waals surface area contributed by atoms with Crippen LogP contribution in [0.2, 0.25) is 0 Å². The van der Waals surface area contributed by atoms with Crippen LogP contribution in [0.15, 0.2) is 59.5 Å². The first-order valence-corrected chi connectivity index (χ1v) is 13.0. The third kappa shape index (κ3) is 4.96. The first-order chi connectivity index (χ1) is 15.8. The van der Waals surface area contributed by atoms with E-state index in [-0.39, 0.29) is 29.2 Å². The van der Waals surface area contributed by atoms with Crippen LogP contribution in [0.4, 0.5) is 5.69 Å². The van der Waals surface area contributed by atoms with Crippen LogP contribution in [-0.4, -0.2) is 44.2 Å². The molecular weight excluding hydrogens is 438 g/mol. The Morgan fingerprint density at radius 3 is 2.27 bits per heavy atom. The summed E-state index contributed by atoms with van der Waals surface area (Å²) in [5, 5.41) is 3.18. The lowest BCUT2D eigenvalue weighted by atomic mass is 10.0. The van der Waals surface area contributed by atoms with E-state index in [1.54, 1.807) is 30.9 Å². The molecule has 0 bridgehead atoms. The summed E-state index contributed by atoms with van der Waals surface area (Å²) in [5.74, 6) is -0.212. The topological polar surface area (TPSA) is 86.8 Å². The highest BCUT2D eigenvalue weighted by molar-refractivity contribution is 7.89. The Balaban J connectivity index is 1.44. The Labute approximate surface area is 195 Å². The monoisotopic (exact) mass is 469 g/mol. The van der Waals surface area contributed by atoms with Gasteiger partial charge in [-0.25, -0.2) is 8.42 Å². The van der Waals surface area contributed by atoms with E-state index >= 15 is 0 Å². The molecular formula is C25H31N3O4S. The minimum atomic E-state index is -3.56. The maximum absolute atomic E-state index is 13.0. The Morgan fingerprint density at radius 1 is 1.06 bits per heavy atom. The Hall–Kier alpha value is -2.71. The number of sulfonamides is 1. The summed E-state index contributed by atoms with van der Waals surface area (Å²) < 4.78 is 26.8. The predicted molar refractivity (Wildman–Crippen MR) is 127 cm³/mol. The molecule has 2 amide bonds. The standard InChI is InChI=1S/C25H31N3O4S/c1-3-27(4-2)33(31,32)22-14-12-21(13-15-22)28-17-20(16-23(28)29)25(30)26-24(19-10-11-19)18-8-6-5-7-9-18/h5-9,12-15,19-20,24H,3-4,10-11,16-17H2,1-2H3,(H,26,30)/t20-,24+/m0/s1. The third-order valence-corrected chi connectivity index (χ3v) is 8.60. The number of rotatable bonds is 9. The second-order valence-corrected chi connectivity index (χ2v) is 10.7. The van der Waals surface area contributed by atoms with Gasteiger partial charge in [0.2, 0.25) is 21.8 Å². The summed E-state index contributed by atoms with van der Waals surface area (Å²) in [7, 11) is -3.56. The van der Waals surface area contributed by atoms with Gasteiger partial charge in [0, 0.05) is 31.7 Å². The molecule has 2 aromatic carbocycles. The normalized spacial score (nSPS) is 19.7. The van der Waals surface area contributed by atoms with E-state index in [0.717, 1.165) is 18.4 Å². The highest BCUT2D eigenvalue weighted by atomic mass is 32.2. The largest absolute Gasteiger partial charge is 0.349 e. The number of carbonyl (C=O) groups is 2. The van der Waals surface area contributed by atoms with Crippen molar-refractivity contribution in [2.75, 3.05) is 24.5 Å². The van der Waals surface area contributed by atoms with Gasteiger partial charge in [0.25, 0.3) is 0 Å². The van der Waals surface area contributed by atoms with Crippen molar-refractivity contribution in [3.05, 3.63) is 60.2 Å². The molecule has 4 rings (SSSR count). The fraction of sp³-hybridized carbons (Fsp3) is 0.440. The Morgan fingerprint density at radius 2 is 1.70 bits per heavy atom. The molecule has 1 aliphatic carbocycles. The Kier molecular flexibility index (Phi) is 6.86. The molecule has 7 nitrogen and oxygen atoms in total. The number of nitrogens with zero attached hydrogens (tertiary/aromatic N) is 2. The molecule has 0 spiro atoms. The average molecular weight is 470 g/mol. The van der Waals surface area contributed by atoms with Crippen LogP contribution in [-0.2, 0) is 19.6 Å². The lowest BCUT2D eigenvalue weighted by Gasteiger charge is -2.22. The van der Waals surface area contributed by atoms with E-state index in [1.807, 2.05) is 30.3 Å². The minimum Gasteiger partial charge on any atom is -0.349 e. The van der Waals surface area contributed by atoms with Gasteiger partial charge in [0.05, 0.1) is 16.9 Å². The highest BCUT2D eigenvalue weighted by Gasteiger charge is 2.39. The maximum Gasteiger partial charge on any atom is 0.243 e. The summed E-state index contributed by atoms with van der Waals surface area (Å²) in [6.07, 6.45) is 2.34. The number of carbonyl (C=O) groups excluding carboxylic acids is 2. The minimum absolute atomic E-state index is 0.0209. The number of benzene rings is 2. The number of nitrogens with one attached hydrogen (secondary N) is 1. The molecule has 0 radical (unpaired) electrons. The van der Waals surface area contributed by atoms with Crippen LogP contribution < -0.4 is 10.2 Å². The van der Waals surface area contributed by atoms with E-state index in [1.165, 1.54) is 16.4 Å². The van der Waals surface area contributed by atoms with Gasteiger partial charge in [-0.1, -0.05) is 44.2 Å². The van der Waals surface area contributed by atoms with Gasteiger partial charge in [0.15, 0.2) is 0 Å². The van der Waals surface area contributed by atoms with Crippen molar-refractivity contribution >= 4 is 27.5 Å². The zero-order valence-corrected chi connectivity index (χ0v) is 19.9. The first-order valence-electron chi connectivity index (χ1n) is 11.6. The van der Waals surface area contributed by atoms with Gasteiger partial charge in [-0.3, -0.25) is 9.59 Å². The molecule has 0 aromatic heterocycles. The predicted octanol–water partition coefficient (Wildman–Crippen LogP) is 3.34. The van der Waals surface area contributed by atoms with Crippen molar-refractivity contribution in [2.24, 2.45) is 11.8 Å². The lowest BCUT2D eigenvalue weighted by molar-refractivity contribution is -0.127. The van der Waals surface area contributed by atoms with Crippen molar-refractivity contribution < 1.29 is 18.0 Å². The average Bonchev–Trinajstić information content (AvgIpc) is 3.59. The van der Waals surface area contributed by atoms with E-state index in [9.17, 15) is 18.0 Å². The molecule has 2 atom stereocenters. The quantitative estimate of drug-likeness (QED) is 0.610. The number of amides is 2. The molecule has 176 valence electrons. The smallest absolute Gasteiger partial charge is 0.243 e. The van der Waals surface area contributed by atoms with Crippen LogP contribution in [0.5, 0.6) is 0 Å². The van der Waals surface area contributed by atoms with Gasteiger partial charge < -0.3 is 10.2 Å². The summed E-state index contributed by atoms with van der Waals surface area (Å²) >= 11 is 0. The van der Waals surface area contributed by atoms with Crippen LogP contribution in [0, 0.1) is 11.8 Å². The summed E-state index contributed by atoms with van der Waals surface area (Å²) in [4.78, 5) is 27.5. The molecule has 2 fully saturated rings. The molecule has 8 heteroatoms. The van der Waals surface area contributed by atoms with E-state index < -0.39 is 15.9 Å². The fourth-order valence-corrected chi connectivity index (χ4v) is 5.94. The van der Waals surface area contributed by atoms with Crippen LogP contribution in [0.1, 0.15) is 44.7 Å². The maximum atomic E-state index is 13.0. The van der Waals surface area contributed by atoms with E-state index in [4.69, 9.17) is 0 Å². The van der Waals surface area contributed by atoms with E-state index in [2.05, 4.69) is 5.32 Å². The van der Waals surface area contributed by atoms with Gasteiger partial charge in [-0.05, 0) is 48.6 Å². The molecule has 2 aliphatic rings. The van der Waals surface area contributed by atoms with Gasteiger partial charge in [-0.2, -0.15) is 4.31 Å². The number of hydrogen-bond donors (Lipinski definition) is 1. The molecule has 0 unspecified atom stereocenters. The number of anilines is 1. The zero-order valence-electron chi connectivity index (χ0n) is 19.1. The first kappa shape index (κ1) is 23.4. The lowest BCUT2D eigenvalue weighted by Crippen LogP contribution is -2.36. The molecule has 1 heterocycles. The summed E-state index contributed by atoms with van der Waals surface area (Å²) in [6, 6.07) is 16.3. The second-order valence-electron chi connectivity index (χ2n) is 8.72. The SMILES string of the molecule is CCN(CC)S(=O)(=O)c1ccc(N2C[C@@H](C(=O)N[C@H](c3ccccc3)C3CC3)CC2=O)cc1. The van der Waals surface area contributed by atoms with Gasteiger partial charge >= 0.3 is 0 Å². The van der Waals surface area contributed by atoms with Gasteiger partial charge in [0.1, 0.15) is 0 Å². The van der Waals surface area contributed by atoms with E-state index in [0.29, 0.717) is 31.2 Å². The van der Waals surface area contributed by atoms with Crippen molar-refractivity contribution in [3.8, 4) is 0 Å². The van der Waals surface area contributed by atoms with Crippen molar-refractivity contribution in [1.82, 2.24) is 9.62 Å². The molecule has 1 aliphatic heterocycles. The van der Waals surface area contributed by atoms with Crippen molar-refractivity contribution in [2.45, 2.75) is 44.0 Å². The molecule has 1 saturated heterocycles. The van der Waals surface area contributed by atoms with Crippen molar-refractivity contribution in [3.63, 3.8) is 0 Å².